The van der Waals surface area contributed by atoms with Gasteiger partial charge in [0.2, 0.25) is 5.91 Å². The van der Waals surface area contributed by atoms with Crippen LogP contribution in [0.3, 0.4) is 0 Å². The monoisotopic (exact) mass is 296 g/mol. The highest BCUT2D eigenvalue weighted by Crippen LogP contribution is 2.42. The van der Waals surface area contributed by atoms with Crippen LogP contribution in [0, 0.1) is 0 Å². The van der Waals surface area contributed by atoms with Crippen molar-refractivity contribution in [3.05, 3.63) is 46.4 Å². The minimum atomic E-state index is 0.000849. The molecule has 18 heavy (non-hydrogen) atoms. The van der Waals surface area contributed by atoms with Crippen LogP contribution in [0.25, 0.3) is 0 Å². The van der Waals surface area contributed by atoms with Gasteiger partial charge < -0.3 is 0 Å². The average Bonchev–Trinajstić information content (AvgIpc) is 2.99. The lowest BCUT2D eigenvalue weighted by Crippen LogP contribution is -2.27. The van der Waals surface area contributed by atoms with E-state index in [1.54, 1.807) is 22.9 Å². The smallest absolute Gasteiger partial charge is 0.240 e. The van der Waals surface area contributed by atoms with E-state index in [0.717, 1.165) is 10.7 Å². The molecule has 6 heteroatoms. The zero-order chi connectivity index (χ0) is 12.5. The third-order valence-electron chi connectivity index (χ3n) is 2.65. The van der Waals surface area contributed by atoms with E-state index in [1.807, 2.05) is 29.6 Å². The maximum absolute atomic E-state index is 12.0. The zero-order valence-corrected chi connectivity index (χ0v) is 11.6. The third kappa shape index (κ3) is 2.13. The topological polar surface area (TPSA) is 33.2 Å². The first-order valence-corrected chi connectivity index (χ1v) is 7.65. The molecule has 1 aromatic heterocycles. The molecule has 1 amide bonds. The molecule has 3 rings (SSSR count). The Morgan fingerprint density at radius 2 is 2.11 bits per heavy atom. The van der Waals surface area contributed by atoms with E-state index in [1.165, 1.54) is 11.3 Å². The van der Waals surface area contributed by atoms with E-state index < -0.39 is 0 Å². The minimum Gasteiger partial charge on any atom is -0.273 e. The predicted molar refractivity (Wildman–Crippen MR) is 76.3 cm³/mol. The summed E-state index contributed by atoms with van der Waals surface area (Å²) in [5, 5.41) is 3.34. The highest BCUT2D eigenvalue weighted by Gasteiger charge is 2.35. The normalized spacial score (nSPS) is 19.5. The Morgan fingerprint density at radius 1 is 1.33 bits per heavy atom. The number of thiazole rings is 1. The Balaban J connectivity index is 1.96. The molecule has 0 radical (unpaired) electrons. The van der Waals surface area contributed by atoms with Gasteiger partial charge in [0, 0.05) is 16.6 Å². The lowest BCUT2D eigenvalue weighted by molar-refractivity contribution is -0.115. The van der Waals surface area contributed by atoms with Crippen molar-refractivity contribution in [1.82, 2.24) is 4.98 Å². The van der Waals surface area contributed by atoms with Gasteiger partial charge in [-0.2, -0.15) is 0 Å². The number of rotatable bonds is 2. The van der Waals surface area contributed by atoms with Crippen LogP contribution in [0.2, 0.25) is 5.02 Å². The first-order chi connectivity index (χ1) is 8.75. The Bertz CT molecular complexity index is 556. The molecule has 1 fully saturated rings. The molecule has 0 N–H and O–H groups in total. The molecule has 1 saturated heterocycles. The van der Waals surface area contributed by atoms with Crippen molar-refractivity contribution in [2.24, 2.45) is 0 Å². The summed E-state index contributed by atoms with van der Waals surface area (Å²) in [6.45, 7) is 0. The summed E-state index contributed by atoms with van der Waals surface area (Å²) >= 11 is 8.98. The number of aromatic nitrogens is 1. The van der Waals surface area contributed by atoms with Crippen molar-refractivity contribution in [3.8, 4) is 0 Å². The van der Waals surface area contributed by atoms with E-state index in [9.17, 15) is 4.79 Å². The molecular formula is C12H9ClN2OS2. The standard InChI is InChI=1S/C12H9ClN2OS2/c13-9-3-1-8(2-4-9)11-15(10(16)7-18-11)12-14-5-6-17-12/h1-6,11H,7H2/t11-/m1/s1. The molecule has 0 unspecified atom stereocenters. The maximum atomic E-state index is 12.0. The molecule has 2 heterocycles. The summed E-state index contributed by atoms with van der Waals surface area (Å²) in [7, 11) is 0. The Morgan fingerprint density at radius 3 is 2.78 bits per heavy atom. The third-order valence-corrected chi connectivity index (χ3v) is 4.88. The lowest BCUT2D eigenvalue weighted by Gasteiger charge is -2.21. The summed E-state index contributed by atoms with van der Waals surface area (Å²) in [6, 6.07) is 7.61. The van der Waals surface area contributed by atoms with E-state index in [0.29, 0.717) is 10.8 Å². The summed E-state index contributed by atoms with van der Waals surface area (Å²) < 4.78 is 0. The summed E-state index contributed by atoms with van der Waals surface area (Å²) in [4.78, 5) is 18.0. The van der Waals surface area contributed by atoms with Gasteiger partial charge in [0.1, 0.15) is 5.37 Å². The molecule has 1 aromatic carbocycles. The van der Waals surface area contributed by atoms with Crippen molar-refractivity contribution in [1.29, 1.82) is 0 Å². The van der Waals surface area contributed by atoms with Crippen molar-refractivity contribution < 1.29 is 4.79 Å². The second-order valence-electron chi connectivity index (χ2n) is 3.79. The molecule has 0 bridgehead atoms. The Labute approximate surface area is 118 Å². The van der Waals surface area contributed by atoms with Crippen LogP contribution in [0.4, 0.5) is 5.13 Å². The fourth-order valence-corrected chi connectivity index (χ4v) is 3.87. The van der Waals surface area contributed by atoms with Gasteiger partial charge in [-0.1, -0.05) is 23.7 Å². The molecule has 1 aliphatic rings. The molecule has 2 aromatic rings. The SMILES string of the molecule is O=C1CS[C@H](c2ccc(Cl)cc2)N1c1nccs1. The van der Waals surface area contributed by atoms with Gasteiger partial charge in [-0.25, -0.2) is 4.98 Å². The van der Waals surface area contributed by atoms with Crippen LogP contribution in [0.5, 0.6) is 0 Å². The van der Waals surface area contributed by atoms with E-state index in [2.05, 4.69) is 4.98 Å². The Hall–Kier alpha value is -1.04. The number of nitrogens with zero attached hydrogens (tertiary/aromatic N) is 2. The maximum Gasteiger partial charge on any atom is 0.240 e. The van der Waals surface area contributed by atoms with Crippen LogP contribution in [0.1, 0.15) is 10.9 Å². The molecule has 3 nitrogen and oxygen atoms in total. The molecule has 1 aliphatic heterocycles. The predicted octanol–water partition coefficient (Wildman–Crippen LogP) is 3.58. The number of benzene rings is 1. The largest absolute Gasteiger partial charge is 0.273 e. The van der Waals surface area contributed by atoms with Crippen LogP contribution < -0.4 is 4.90 Å². The van der Waals surface area contributed by atoms with Crippen molar-refractivity contribution in [3.63, 3.8) is 0 Å². The van der Waals surface area contributed by atoms with Crippen LogP contribution in [-0.4, -0.2) is 16.6 Å². The summed E-state index contributed by atoms with van der Waals surface area (Å²) in [5.41, 5.74) is 1.07. The lowest BCUT2D eigenvalue weighted by atomic mass is 10.2. The van der Waals surface area contributed by atoms with Gasteiger partial charge in [-0.15, -0.1) is 23.1 Å². The fourth-order valence-electron chi connectivity index (χ4n) is 1.84. The van der Waals surface area contributed by atoms with Crippen LogP contribution in [-0.2, 0) is 4.79 Å². The van der Waals surface area contributed by atoms with Gasteiger partial charge >= 0.3 is 0 Å². The molecule has 0 spiro atoms. The minimum absolute atomic E-state index is 0.000849. The van der Waals surface area contributed by atoms with E-state index >= 15 is 0 Å². The van der Waals surface area contributed by atoms with Crippen molar-refractivity contribution in [2.75, 3.05) is 10.7 Å². The summed E-state index contributed by atoms with van der Waals surface area (Å²) in [5.74, 6) is 0.599. The quantitative estimate of drug-likeness (QED) is 0.849. The van der Waals surface area contributed by atoms with Crippen LogP contribution in [0.15, 0.2) is 35.8 Å². The van der Waals surface area contributed by atoms with Gasteiger partial charge in [-0.3, -0.25) is 9.69 Å². The van der Waals surface area contributed by atoms with Crippen molar-refractivity contribution in [2.45, 2.75) is 5.37 Å². The van der Waals surface area contributed by atoms with Gasteiger partial charge in [0.25, 0.3) is 0 Å². The second-order valence-corrected chi connectivity index (χ2v) is 6.17. The number of amides is 1. The van der Waals surface area contributed by atoms with E-state index in [-0.39, 0.29) is 11.3 Å². The molecular weight excluding hydrogens is 288 g/mol. The first kappa shape index (κ1) is 12.0. The fraction of sp³-hybridized carbons (Fsp3) is 0.167. The number of carbonyl (C=O) groups is 1. The number of halogens is 1. The number of thioether (sulfide) groups is 1. The highest BCUT2D eigenvalue weighted by atomic mass is 35.5. The van der Waals surface area contributed by atoms with Crippen molar-refractivity contribution >= 4 is 45.7 Å². The van der Waals surface area contributed by atoms with E-state index in [4.69, 9.17) is 11.6 Å². The molecule has 92 valence electrons. The number of hydrogen-bond acceptors (Lipinski definition) is 4. The number of anilines is 1. The zero-order valence-electron chi connectivity index (χ0n) is 9.25. The van der Waals surface area contributed by atoms with Gasteiger partial charge in [-0.05, 0) is 17.7 Å². The molecule has 0 aliphatic carbocycles. The van der Waals surface area contributed by atoms with Gasteiger partial charge in [0.05, 0.1) is 5.75 Å². The number of hydrogen-bond donors (Lipinski definition) is 0. The first-order valence-electron chi connectivity index (χ1n) is 5.34. The molecule has 0 saturated carbocycles. The number of carbonyl (C=O) groups excluding carboxylic acids is 1. The molecule has 1 atom stereocenters. The summed E-state index contributed by atoms with van der Waals surface area (Å²) in [6.07, 6.45) is 1.72. The average molecular weight is 297 g/mol. The van der Waals surface area contributed by atoms with Gasteiger partial charge in [0.15, 0.2) is 5.13 Å². The highest BCUT2D eigenvalue weighted by molar-refractivity contribution is 8.00. The second kappa shape index (κ2) is 4.91. The Kier molecular flexibility index (Phi) is 3.28. The van der Waals surface area contributed by atoms with Crippen LogP contribution >= 0.6 is 34.7 Å².